The molecule has 1 aliphatic rings. The van der Waals surface area contributed by atoms with Gasteiger partial charge in [-0.2, -0.15) is 5.10 Å². The first-order valence-corrected chi connectivity index (χ1v) is 8.78. The molecule has 4 rings (SSSR count). The number of benzene rings is 2. The highest BCUT2D eigenvalue weighted by molar-refractivity contribution is 8.00. The molecule has 1 unspecified atom stereocenters. The van der Waals surface area contributed by atoms with Crippen LogP contribution in [-0.2, 0) is 0 Å². The fourth-order valence-electron chi connectivity index (χ4n) is 2.76. The number of fused-ring (bicyclic) bond motifs is 1. The maximum atomic E-state index is 5.96. The zero-order valence-electron chi connectivity index (χ0n) is 12.8. The van der Waals surface area contributed by atoms with Crippen LogP contribution in [0.15, 0.2) is 58.0 Å². The van der Waals surface area contributed by atoms with E-state index in [0.29, 0.717) is 11.1 Å². The van der Waals surface area contributed by atoms with E-state index in [1.807, 2.05) is 54.2 Å². The Hall–Kier alpha value is -2.27. The molecule has 4 nitrogen and oxygen atoms in total. The number of nitrogens with zero attached hydrogens (tertiary/aromatic N) is 2. The number of hydrogen-bond donors (Lipinski definition) is 1. The van der Waals surface area contributed by atoms with Crippen LogP contribution in [0.1, 0.15) is 18.9 Å². The second-order valence-corrected chi connectivity index (χ2v) is 6.62. The van der Waals surface area contributed by atoms with Gasteiger partial charge in [-0.1, -0.05) is 31.2 Å². The van der Waals surface area contributed by atoms with Crippen molar-refractivity contribution in [2.75, 3.05) is 5.88 Å². The van der Waals surface area contributed by atoms with E-state index < -0.39 is 0 Å². The number of hydrogen-bond acceptors (Lipinski definition) is 5. The molecule has 0 bridgehead atoms. The quantitative estimate of drug-likeness (QED) is 0.782. The molecule has 0 fully saturated rings. The lowest BCUT2D eigenvalue weighted by atomic mass is 10.1. The Kier molecular flexibility index (Phi) is 3.79. The summed E-state index contributed by atoms with van der Waals surface area (Å²) in [6, 6.07) is 16.1. The van der Waals surface area contributed by atoms with Crippen molar-refractivity contribution in [1.29, 1.82) is 0 Å². The van der Waals surface area contributed by atoms with E-state index in [4.69, 9.17) is 4.42 Å². The predicted molar refractivity (Wildman–Crippen MR) is 95.7 cm³/mol. The standard InChI is InChI=1S/C18H17N3OS/c1-2-16-17(21-19-11-23-16)13-8-9-14-15(10-13)22-18(20-14)12-6-4-3-5-7-12/h3-10,16,19H,2,11H2,1H3. The van der Waals surface area contributed by atoms with Gasteiger partial charge in [0, 0.05) is 11.1 Å². The smallest absolute Gasteiger partial charge is 0.227 e. The van der Waals surface area contributed by atoms with Crippen molar-refractivity contribution >= 4 is 28.6 Å². The number of rotatable bonds is 3. The molecule has 0 spiro atoms. The molecule has 3 aromatic rings. The van der Waals surface area contributed by atoms with E-state index in [9.17, 15) is 0 Å². The molecule has 116 valence electrons. The average molecular weight is 323 g/mol. The second kappa shape index (κ2) is 6.08. The van der Waals surface area contributed by atoms with Crippen molar-refractivity contribution in [3.63, 3.8) is 0 Å². The van der Waals surface area contributed by atoms with Crippen molar-refractivity contribution in [3.05, 3.63) is 54.1 Å². The van der Waals surface area contributed by atoms with E-state index in [-0.39, 0.29) is 0 Å². The average Bonchev–Trinajstić information content (AvgIpc) is 3.05. The minimum absolute atomic E-state index is 0.421. The van der Waals surface area contributed by atoms with Crippen LogP contribution in [0.3, 0.4) is 0 Å². The van der Waals surface area contributed by atoms with Crippen LogP contribution in [0.2, 0.25) is 0 Å². The molecule has 23 heavy (non-hydrogen) atoms. The molecule has 0 saturated heterocycles. The second-order valence-electron chi connectivity index (χ2n) is 5.43. The van der Waals surface area contributed by atoms with E-state index in [1.54, 1.807) is 0 Å². The Labute approximate surface area is 139 Å². The number of oxazole rings is 1. The Balaban J connectivity index is 1.75. The van der Waals surface area contributed by atoms with Gasteiger partial charge in [0.05, 0.1) is 16.8 Å². The van der Waals surface area contributed by atoms with Crippen molar-refractivity contribution in [2.24, 2.45) is 5.10 Å². The third kappa shape index (κ3) is 2.72. The molecule has 0 radical (unpaired) electrons. The van der Waals surface area contributed by atoms with Gasteiger partial charge < -0.3 is 4.42 Å². The lowest BCUT2D eigenvalue weighted by Gasteiger charge is -2.22. The maximum Gasteiger partial charge on any atom is 0.227 e. The summed E-state index contributed by atoms with van der Waals surface area (Å²) >= 11 is 1.89. The van der Waals surface area contributed by atoms with Crippen LogP contribution < -0.4 is 5.43 Å². The van der Waals surface area contributed by atoms with Crippen LogP contribution in [0.25, 0.3) is 22.6 Å². The molecule has 0 aliphatic carbocycles. The number of hydrazone groups is 1. The summed E-state index contributed by atoms with van der Waals surface area (Å²) in [5, 5.41) is 4.93. The van der Waals surface area contributed by atoms with Gasteiger partial charge in [0.25, 0.3) is 0 Å². The Morgan fingerprint density at radius 3 is 2.87 bits per heavy atom. The molecular weight excluding hydrogens is 306 g/mol. The molecule has 1 atom stereocenters. The fourth-order valence-corrected chi connectivity index (χ4v) is 3.68. The van der Waals surface area contributed by atoms with Crippen molar-refractivity contribution in [3.8, 4) is 11.5 Å². The topological polar surface area (TPSA) is 50.4 Å². The van der Waals surface area contributed by atoms with Crippen LogP contribution in [-0.4, -0.2) is 21.8 Å². The fraction of sp³-hybridized carbons (Fsp3) is 0.222. The molecule has 1 aromatic heterocycles. The molecule has 5 heteroatoms. The summed E-state index contributed by atoms with van der Waals surface area (Å²) in [6.45, 7) is 2.19. The van der Waals surface area contributed by atoms with Gasteiger partial charge in [0.15, 0.2) is 5.58 Å². The van der Waals surface area contributed by atoms with Crippen LogP contribution in [0.4, 0.5) is 0 Å². The minimum Gasteiger partial charge on any atom is -0.436 e. The van der Waals surface area contributed by atoms with Gasteiger partial charge in [-0.3, -0.25) is 5.43 Å². The zero-order chi connectivity index (χ0) is 15.6. The molecule has 0 amide bonds. The summed E-state index contributed by atoms with van der Waals surface area (Å²) in [4.78, 5) is 4.58. The highest BCUT2D eigenvalue weighted by Crippen LogP contribution is 2.27. The number of nitrogens with one attached hydrogen (secondary N) is 1. The largest absolute Gasteiger partial charge is 0.436 e. The summed E-state index contributed by atoms with van der Waals surface area (Å²) in [5.41, 5.74) is 7.93. The highest BCUT2D eigenvalue weighted by Gasteiger charge is 2.21. The summed E-state index contributed by atoms with van der Waals surface area (Å²) in [7, 11) is 0. The first-order chi connectivity index (χ1) is 11.3. The third-order valence-electron chi connectivity index (χ3n) is 3.93. The Morgan fingerprint density at radius 1 is 1.17 bits per heavy atom. The number of aromatic nitrogens is 1. The monoisotopic (exact) mass is 323 g/mol. The van der Waals surface area contributed by atoms with Crippen molar-refractivity contribution < 1.29 is 4.42 Å². The minimum atomic E-state index is 0.421. The number of thioether (sulfide) groups is 1. The van der Waals surface area contributed by atoms with Gasteiger partial charge in [0.2, 0.25) is 5.89 Å². The first-order valence-electron chi connectivity index (χ1n) is 7.73. The van der Waals surface area contributed by atoms with Gasteiger partial charge in [-0.25, -0.2) is 4.98 Å². The summed E-state index contributed by atoms with van der Waals surface area (Å²) < 4.78 is 5.96. The normalized spacial score (nSPS) is 17.8. The van der Waals surface area contributed by atoms with E-state index in [0.717, 1.165) is 40.2 Å². The SMILES string of the molecule is CCC1SCNN=C1c1ccc2nc(-c3ccccc3)oc2c1. The van der Waals surface area contributed by atoms with Gasteiger partial charge >= 0.3 is 0 Å². The van der Waals surface area contributed by atoms with Gasteiger partial charge in [-0.15, -0.1) is 11.8 Å². The van der Waals surface area contributed by atoms with Gasteiger partial charge in [-0.05, 0) is 30.7 Å². The van der Waals surface area contributed by atoms with E-state index in [1.165, 1.54) is 0 Å². The summed E-state index contributed by atoms with van der Waals surface area (Å²) in [5.74, 6) is 1.52. The third-order valence-corrected chi connectivity index (χ3v) is 5.18. The van der Waals surface area contributed by atoms with Crippen LogP contribution >= 0.6 is 11.8 Å². The maximum absolute atomic E-state index is 5.96. The van der Waals surface area contributed by atoms with Crippen LogP contribution in [0, 0.1) is 0 Å². The first kappa shape index (κ1) is 14.3. The van der Waals surface area contributed by atoms with Crippen molar-refractivity contribution in [2.45, 2.75) is 18.6 Å². The molecule has 2 heterocycles. The van der Waals surface area contributed by atoms with E-state index in [2.05, 4.69) is 28.5 Å². The molecule has 1 aliphatic heterocycles. The molecule has 2 aromatic carbocycles. The predicted octanol–water partition coefficient (Wildman–Crippen LogP) is 4.27. The Morgan fingerprint density at radius 2 is 2.04 bits per heavy atom. The zero-order valence-corrected chi connectivity index (χ0v) is 13.6. The lowest BCUT2D eigenvalue weighted by Crippen LogP contribution is -2.28. The molecular formula is C18H17N3OS. The lowest BCUT2D eigenvalue weighted by molar-refractivity contribution is 0.620. The summed E-state index contributed by atoms with van der Waals surface area (Å²) in [6.07, 6.45) is 1.06. The van der Waals surface area contributed by atoms with E-state index >= 15 is 0 Å². The molecule has 0 saturated carbocycles. The molecule has 1 N–H and O–H groups in total. The van der Waals surface area contributed by atoms with Gasteiger partial charge in [0.1, 0.15) is 5.52 Å². The van der Waals surface area contributed by atoms with Crippen LogP contribution in [0.5, 0.6) is 0 Å². The highest BCUT2D eigenvalue weighted by atomic mass is 32.2. The Bertz CT molecular complexity index is 857. The van der Waals surface area contributed by atoms with Crippen molar-refractivity contribution in [1.82, 2.24) is 10.4 Å².